The third-order valence-electron chi connectivity index (χ3n) is 1.75. The summed E-state index contributed by atoms with van der Waals surface area (Å²) < 4.78 is 15.6. The zero-order chi connectivity index (χ0) is 12.3. The van der Waals surface area contributed by atoms with Crippen LogP contribution in [0.15, 0.2) is 4.40 Å². The molecule has 0 aromatic rings. The Morgan fingerprint density at radius 3 is 2.00 bits per heavy atom. The molecule has 0 saturated heterocycles. The molecule has 0 fully saturated rings. The van der Waals surface area contributed by atoms with Crippen molar-refractivity contribution < 1.29 is 4.21 Å². The summed E-state index contributed by atoms with van der Waals surface area (Å²) in [6.07, 6.45) is 1.81. The quantitative estimate of drug-likeness (QED) is 0.695. The van der Waals surface area contributed by atoms with Gasteiger partial charge >= 0.3 is 0 Å². The van der Waals surface area contributed by atoms with Crippen LogP contribution in [0.2, 0.25) is 0 Å². The van der Waals surface area contributed by atoms with E-state index in [1.54, 1.807) is 0 Å². The van der Waals surface area contributed by atoms with Gasteiger partial charge in [-0.3, -0.25) is 0 Å². The van der Waals surface area contributed by atoms with E-state index in [2.05, 4.69) is 23.1 Å². The van der Waals surface area contributed by atoms with Crippen LogP contribution in [0.5, 0.6) is 0 Å². The number of rotatable bonds is 4. The minimum atomic E-state index is -1.15. The zero-order valence-electron chi connectivity index (χ0n) is 11.0. The van der Waals surface area contributed by atoms with Crippen molar-refractivity contribution in [3.8, 4) is 0 Å². The normalized spacial score (nSPS) is 16.3. The zero-order valence-corrected chi connectivity index (χ0v) is 11.8. The van der Waals surface area contributed by atoms with Crippen LogP contribution >= 0.6 is 0 Å². The third kappa shape index (κ3) is 6.79. The van der Waals surface area contributed by atoms with Crippen molar-refractivity contribution in [2.24, 2.45) is 9.81 Å². The Bertz CT molecular complexity index is 252. The molecule has 90 valence electrons. The second kappa shape index (κ2) is 5.21. The Labute approximate surface area is 96.6 Å². The van der Waals surface area contributed by atoms with Gasteiger partial charge in [-0.05, 0) is 34.9 Å². The molecule has 1 atom stereocenters. The van der Waals surface area contributed by atoms with Gasteiger partial charge in [0.25, 0.3) is 0 Å². The molecule has 0 amide bonds. The molecule has 0 bridgehead atoms. The predicted octanol–water partition coefficient (Wildman–Crippen LogP) is 2.11. The van der Waals surface area contributed by atoms with Crippen LogP contribution in [0.4, 0.5) is 0 Å². The van der Waals surface area contributed by atoms with E-state index in [0.717, 1.165) is 6.54 Å². The SMILES string of the molecule is CN(C)CC(C)(C)/C=N/[S@@](=O)C(C)(C)C. The highest BCUT2D eigenvalue weighted by atomic mass is 32.2. The number of nitrogens with zero attached hydrogens (tertiary/aromatic N) is 2. The maximum Gasteiger partial charge on any atom is 0.144 e. The van der Waals surface area contributed by atoms with E-state index >= 15 is 0 Å². The van der Waals surface area contributed by atoms with Gasteiger partial charge in [0.15, 0.2) is 0 Å². The molecular weight excluding hydrogens is 208 g/mol. The van der Waals surface area contributed by atoms with E-state index in [0.29, 0.717) is 0 Å². The average Bonchev–Trinajstić information content (AvgIpc) is 1.95. The summed E-state index contributed by atoms with van der Waals surface area (Å²) in [5.41, 5.74) is -0.0373. The van der Waals surface area contributed by atoms with Crippen LogP contribution in [0.25, 0.3) is 0 Å². The molecule has 0 spiro atoms. The van der Waals surface area contributed by atoms with Crippen molar-refractivity contribution in [1.29, 1.82) is 0 Å². The predicted molar refractivity (Wildman–Crippen MR) is 68.7 cm³/mol. The smallest absolute Gasteiger partial charge is 0.144 e. The van der Waals surface area contributed by atoms with Crippen molar-refractivity contribution in [2.45, 2.75) is 39.4 Å². The Kier molecular flexibility index (Phi) is 5.14. The first-order valence-corrected chi connectivity index (χ1v) is 6.27. The van der Waals surface area contributed by atoms with Gasteiger partial charge in [0.05, 0.1) is 4.75 Å². The van der Waals surface area contributed by atoms with Gasteiger partial charge in [0.1, 0.15) is 11.0 Å². The summed E-state index contributed by atoms with van der Waals surface area (Å²) in [7, 11) is 2.90. The summed E-state index contributed by atoms with van der Waals surface area (Å²) >= 11 is 0. The summed E-state index contributed by atoms with van der Waals surface area (Å²) in [4.78, 5) is 2.10. The third-order valence-corrected chi connectivity index (χ3v) is 3.09. The topological polar surface area (TPSA) is 32.7 Å². The first-order chi connectivity index (χ1) is 6.54. The molecule has 15 heavy (non-hydrogen) atoms. The van der Waals surface area contributed by atoms with Crippen molar-refractivity contribution in [1.82, 2.24) is 4.90 Å². The molecule has 0 N–H and O–H groups in total. The second-order valence-electron chi connectivity index (χ2n) is 5.82. The molecule has 0 aliphatic heterocycles. The first-order valence-electron chi connectivity index (χ1n) is 5.16. The van der Waals surface area contributed by atoms with Crippen LogP contribution < -0.4 is 0 Å². The fourth-order valence-corrected chi connectivity index (χ4v) is 1.90. The average molecular weight is 232 g/mol. The van der Waals surface area contributed by atoms with Crippen molar-refractivity contribution in [2.75, 3.05) is 20.6 Å². The lowest BCUT2D eigenvalue weighted by Crippen LogP contribution is -2.30. The lowest BCUT2D eigenvalue weighted by Gasteiger charge is -2.24. The molecule has 0 rings (SSSR count). The van der Waals surface area contributed by atoms with Crippen LogP contribution in [-0.2, 0) is 11.0 Å². The lowest BCUT2D eigenvalue weighted by atomic mass is 9.95. The minimum Gasteiger partial charge on any atom is -0.308 e. The molecule has 0 aliphatic carbocycles. The maximum absolute atomic E-state index is 11.7. The highest BCUT2D eigenvalue weighted by molar-refractivity contribution is 7.85. The largest absolute Gasteiger partial charge is 0.308 e. The molecule has 0 aromatic carbocycles. The molecule has 0 heterocycles. The van der Waals surface area contributed by atoms with Gasteiger partial charge in [-0.2, -0.15) is 4.40 Å². The molecule has 0 saturated carbocycles. The number of hydrogen-bond donors (Lipinski definition) is 0. The molecule has 3 nitrogen and oxygen atoms in total. The van der Waals surface area contributed by atoms with Crippen LogP contribution in [0, 0.1) is 5.41 Å². The molecular formula is C11H24N2OS. The Hall–Kier alpha value is -0.220. The molecule has 0 radical (unpaired) electrons. The fraction of sp³-hybridized carbons (Fsp3) is 0.909. The lowest BCUT2D eigenvalue weighted by molar-refractivity contribution is 0.315. The van der Waals surface area contributed by atoms with E-state index < -0.39 is 11.0 Å². The van der Waals surface area contributed by atoms with Crippen LogP contribution in [0.1, 0.15) is 34.6 Å². The highest BCUT2D eigenvalue weighted by Gasteiger charge is 2.21. The van der Waals surface area contributed by atoms with Gasteiger partial charge in [-0.1, -0.05) is 13.8 Å². The Morgan fingerprint density at radius 1 is 1.20 bits per heavy atom. The summed E-state index contributed by atoms with van der Waals surface area (Å²) in [6, 6.07) is 0. The molecule has 0 aromatic heterocycles. The van der Waals surface area contributed by atoms with E-state index in [-0.39, 0.29) is 10.2 Å². The highest BCUT2D eigenvalue weighted by Crippen LogP contribution is 2.16. The Balaban J connectivity index is 4.46. The summed E-state index contributed by atoms with van der Waals surface area (Å²) in [5, 5.41) is 0. The van der Waals surface area contributed by atoms with Gasteiger partial charge < -0.3 is 4.90 Å². The van der Waals surface area contributed by atoms with Gasteiger partial charge in [0.2, 0.25) is 0 Å². The second-order valence-corrected chi connectivity index (χ2v) is 7.76. The van der Waals surface area contributed by atoms with Gasteiger partial charge in [0, 0.05) is 18.2 Å². The van der Waals surface area contributed by atoms with E-state index in [9.17, 15) is 4.21 Å². The minimum absolute atomic E-state index is 0.0373. The van der Waals surface area contributed by atoms with Gasteiger partial charge in [-0.25, -0.2) is 4.21 Å². The van der Waals surface area contributed by atoms with Crippen molar-refractivity contribution >= 4 is 17.2 Å². The summed E-state index contributed by atoms with van der Waals surface area (Å²) in [5.74, 6) is 0. The van der Waals surface area contributed by atoms with Crippen LogP contribution in [-0.4, -0.2) is 40.7 Å². The van der Waals surface area contributed by atoms with Crippen molar-refractivity contribution in [3.05, 3.63) is 0 Å². The Morgan fingerprint density at radius 2 is 1.67 bits per heavy atom. The molecule has 4 heteroatoms. The first kappa shape index (κ1) is 14.8. The van der Waals surface area contributed by atoms with E-state index in [4.69, 9.17) is 0 Å². The number of hydrogen-bond acceptors (Lipinski definition) is 2. The molecule has 0 unspecified atom stereocenters. The van der Waals surface area contributed by atoms with Crippen molar-refractivity contribution in [3.63, 3.8) is 0 Å². The fourth-order valence-electron chi connectivity index (χ4n) is 1.20. The summed E-state index contributed by atoms with van der Waals surface area (Å²) in [6.45, 7) is 10.9. The standard InChI is InChI=1S/C11H24N2OS/c1-10(2,3)15(14)12-8-11(4,5)9-13(6)7/h8H,9H2,1-7H3/b12-8+/t15-/m0/s1. The monoisotopic (exact) mass is 232 g/mol. The maximum atomic E-state index is 11.7. The molecule has 0 aliphatic rings. The van der Waals surface area contributed by atoms with E-state index in [1.165, 1.54) is 0 Å². The van der Waals surface area contributed by atoms with E-state index in [1.807, 2.05) is 41.1 Å². The van der Waals surface area contributed by atoms with Crippen LogP contribution in [0.3, 0.4) is 0 Å². The van der Waals surface area contributed by atoms with Gasteiger partial charge in [-0.15, -0.1) is 0 Å².